The van der Waals surface area contributed by atoms with Crippen molar-refractivity contribution in [3.05, 3.63) is 6.10 Å². The van der Waals surface area contributed by atoms with Gasteiger partial charge in [-0.2, -0.15) is 26.3 Å². The van der Waals surface area contributed by atoms with Crippen LogP contribution in [0.4, 0.5) is 26.3 Å². The zero-order valence-electron chi connectivity index (χ0n) is 6.08. The average molecular weight is 209 g/mol. The number of carbonyl (C=O) groups excluding carboxylic acids is 1. The quantitative estimate of drug-likeness (QED) is 0.488. The fraction of sp³-hybridized carbons (Fsp3) is 0.600. The average Bonchev–Trinajstić information content (AvgIpc) is 1.77. The number of rotatable bonds is 1. The topological polar surface area (TPSA) is 26.3 Å². The van der Waals surface area contributed by atoms with E-state index in [0.29, 0.717) is 6.92 Å². The fourth-order valence-corrected chi connectivity index (χ4v) is 0.420. The van der Waals surface area contributed by atoms with Gasteiger partial charge in [0.25, 0.3) is 0 Å². The third kappa shape index (κ3) is 4.00. The number of carbonyl (C=O) groups is 1. The van der Waals surface area contributed by atoms with E-state index in [1.54, 1.807) is 0 Å². The predicted molar refractivity (Wildman–Crippen MR) is 27.1 cm³/mol. The van der Waals surface area contributed by atoms with E-state index in [1.807, 2.05) is 0 Å². The molecule has 0 aromatic carbocycles. The van der Waals surface area contributed by atoms with Crippen LogP contribution in [0.1, 0.15) is 6.92 Å². The minimum Gasteiger partial charge on any atom is -0.435 e. The first-order valence-corrected chi connectivity index (χ1v) is 2.75. The number of ether oxygens (including phenoxy) is 1. The highest BCUT2D eigenvalue weighted by atomic mass is 19.4. The highest BCUT2D eigenvalue weighted by molar-refractivity contribution is 5.67. The first kappa shape index (κ1) is 12.0. The van der Waals surface area contributed by atoms with Gasteiger partial charge < -0.3 is 4.74 Å². The molecule has 0 unspecified atom stereocenters. The predicted octanol–water partition coefficient (Wildman–Crippen LogP) is 2.21. The van der Waals surface area contributed by atoms with Crippen molar-refractivity contribution >= 4 is 5.97 Å². The molecule has 0 N–H and O–H groups in total. The molecule has 0 heterocycles. The summed E-state index contributed by atoms with van der Waals surface area (Å²) >= 11 is 0. The maximum atomic E-state index is 11.5. The van der Waals surface area contributed by atoms with Crippen LogP contribution < -0.4 is 0 Å². The highest BCUT2D eigenvalue weighted by Gasteiger charge is 2.61. The van der Waals surface area contributed by atoms with Crippen molar-refractivity contribution in [3.8, 4) is 0 Å². The summed E-state index contributed by atoms with van der Waals surface area (Å²) in [6, 6.07) is 0. The van der Waals surface area contributed by atoms with Gasteiger partial charge in [0, 0.05) is 6.92 Å². The Labute approximate surface area is 68.5 Å². The van der Waals surface area contributed by atoms with Gasteiger partial charge in [0.2, 0.25) is 0 Å². The minimum atomic E-state index is -5.72. The summed E-state index contributed by atoms with van der Waals surface area (Å²) in [7, 11) is 0. The Morgan fingerprint density at radius 3 is 1.38 bits per heavy atom. The maximum Gasteiger partial charge on any atom is 0.442 e. The second-order valence-electron chi connectivity index (χ2n) is 1.92. The Morgan fingerprint density at radius 1 is 1.00 bits per heavy atom. The van der Waals surface area contributed by atoms with Crippen LogP contribution in [-0.4, -0.2) is 18.3 Å². The van der Waals surface area contributed by atoms with Crippen LogP contribution in [0.3, 0.4) is 0 Å². The van der Waals surface area contributed by atoms with Crippen molar-refractivity contribution < 1.29 is 35.9 Å². The van der Waals surface area contributed by atoms with Crippen molar-refractivity contribution in [3.63, 3.8) is 0 Å². The smallest absolute Gasteiger partial charge is 0.435 e. The van der Waals surface area contributed by atoms with Gasteiger partial charge in [0.05, 0.1) is 0 Å². The Bertz CT molecular complexity index is 178. The van der Waals surface area contributed by atoms with Gasteiger partial charge in [-0.25, -0.2) is 0 Å². The Kier molecular flexibility index (Phi) is 3.18. The molecule has 0 aromatic rings. The summed E-state index contributed by atoms with van der Waals surface area (Å²) < 4.78 is 72.3. The molecule has 0 fully saturated rings. The summed E-state index contributed by atoms with van der Waals surface area (Å²) in [5.74, 6) is -1.68. The molecule has 0 aliphatic rings. The number of hydrogen-bond acceptors (Lipinski definition) is 2. The van der Waals surface area contributed by atoms with E-state index < -0.39 is 24.4 Å². The Hall–Kier alpha value is -0.950. The third-order valence-corrected chi connectivity index (χ3v) is 0.761. The molecule has 77 valence electrons. The molecule has 13 heavy (non-hydrogen) atoms. The van der Waals surface area contributed by atoms with Gasteiger partial charge in [-0.05, 0) is 0 Å². The SMILES string of the molecule is CC(=O)O[C](C(F)(F)F)C(F)(F)F. The van der Waals surface area contributed by atoms with Crippen LogP contribution in [0, 0.1) is 6.10 Å². The molecule has 0 saturated carbocycles. The van der Waals surface area contributed by atoms with Gasteiger partial charge in [0.15, 0.2) is 0 Å². The number of alkyl halides is 6. The van der Waals surface area contributed by atoms with Crippen LogP contribution in [0.25, 0.3) is 0 Å². The van der Waals surface area contributed by atoms with Crippen LogP contribution in [0.5, 0.6) is 0 Å². The zero-order chi connectivity index (χ0) is 10.9. The molecule has 0 amide bonds. The van der Waals surface area contributed by atoms with E-state index in [4.69, 9.17) is 0 Å². The molecule has 0 aliphatic heterocycles. The first-order chi connectivity index (χ1) is 5.55. The molecule has 0 saturated heterocycles. The van der Waals surface area contributed by atoms with E-state index in [1.165, 1.54) is 0 Å². The molecule has 0 spiro atoms. The van der Waals surface area contributed by atoms with Gasteiger partial charge in [0.1, 0.15) is 0 Å². The first-order valence-electron chi connectivity index (χ1n) is 2.75. The molecule has 0 aliphatic carbocycles. The largest absolute Gasteiger partial charge is 0.442 e. The monoisotopic (exact) mass is 209 g/mol. The van der Waals surface area contributed by atoms with E-state index in [9.17, 15) is 31.1 Å². The zero-order valence-corrected chi connectivity index (χ0v) is 6.08. The molecule has 0 atom stereocenters. The Morgan fingerprint density at radius 2 is 1.31 bits per heavy atom. The Balaban J connectivity index is 4.68. The van der Waals surface area contributed by atoms with Crippen molar-refractivity contribution in [2.24, 2.45) is 0 Å². The van der Waals surface area contributed by atoms with Gasteiger partial charge in [-0.3, -0.25) is 4.79 Å². The van der Waals surface area contributed by atoms with Gasteiger partial charge >= 0.3 is 24.4 Å². The number of esters is 1. The summed E-state index contributed by atoms with van der Waals surface area (Å²) in [5, 5.41) is 0. The molecule has 2 nitrogen and oxygen atoms in total. The minimum absolute atomic E-state index is 0.442. The van der Waals surface area contributed by atoms with Crippen LogP contribution in [-0.2, 0) is 9.53 Å². The normalized spacial score (nSPS) is 13.2. The fourth-order valence-electron chi connectivity index (χ4n) is 0.420. The molecule has 0 bridgehead atoms. The maximum absolute atomic E-state index is 11.5. The lowest BCUT2D eigenvalue weighted by Crippen LogP contribution is -2.37. The van der Waals surface area contributed by atoms with Crippen LogP contribution >= 0.6 is 0 Å². The molecule has 0 rings (SSSR count). The van der Waals surface area contributed by atoms with Crippen LogP contribution in [0.15, 0.2) is 0 Å². The lowest BCUT2D eigenvalue weighted by Gasteiger charge is -2.19. The number of halogens is 6. The summed E-state index contributed by atoms with van der Waals surface area (Å²) in [5.41, 5.74) is 0. The van der Waals surface area contributed by atoms with Gasteiger partial charge in [-0.15, -0.1) is 0 Å². The van der Waals surface area contributed by atoms with Crippen molar-refractivity contribution in [2.75, 3.05) is 0 Å². The number of hydrogen-bond donors (Lipinski definition) is 0. The van der Waals surface area contributed by atoms with E-state index in [0.717, 1.165) is 0 Å². The molecule has 8 heteroatoms. The molecule has 1 radical (unpaired) electrons. The third-order valence-electron chi connectivity index (χ3n) is 0.761. The van der Waals surface area contributed by atoms with E-state index in [2.05, 4.69) is 4.74 Å². The van der Waals surface area contributed by atoms with Crippen molar-refractivity contribution in [2.45, 2.75) is 19.3 Å². The molecule has 0 aromatic heterocycles. The lowest BCUT2D eigenvalue weighted by atomic mass is 10.3. The van der Waals surface area contributed by atoms with Crippen molar-refractivity contribution in [1.29, 1.82) is 0 Å². The van der Waals surface area contributed by atoms with Gasteiger partial charge in [-0.1, -0.05) is 0 Å². The summed E-state index contributed by atoms with van der Waals surface area (Å²) in [4.78, 5) is 9.90. The summed E-state index contributed by atoms with van der Waals surface area (Å²) in [6.07, 6.45) is -14.6. The van der Waals surface area contributed by atoms with E-state index in [-0.39, 0.29) is 0 Å². The highest BCUT2D eigenvalue weighted by Crippen LogP contribution is 2.41. The molecular formula is C5H3F6O2. The van der Waals surface area contributed by atoms with Crippen LogP contribution in [0.2, 0.25) is 0 Å². The second kappa shape index (κ2) is 3.43. The lowest BCUT2D eigenvalue weighted by molar-refractivity contribution is -0.258. The summed E-state index contributed by atoms with van der Waals surface area (Å²) in [6.45, 7) is 0.442. The standard InChI is InChI=1S/C5H3F6O2/c1-2(12)13-3(4(6,7)8)5(9,10)11/h1H3. The van der Waals surface area contributed by atoms with Crippen molar-refractivity contribution in [1.82, 2.24) is 0 Å². The molecular weight excluding hydrogens is 206 g/mol. The van der Waals surface area contributed by atoms with E-state index >= 15 is 0 Å². The second-order valence-corrected chi connectivity index (χ2v) is 1.92.